The first kappa shape index (κ1) is 21.8. The maximum atomic E-state index is 12.0. The Morgan fingerprint density at radius 1 is 0.769 bits per heavy atom. The number of hydrogen-bond donors (Lipinski definition) is 8. The van der Waals surface area contributed by atoms with Gasteiger partial charge in [-0.3, -0.25) is 9.59 Å². The molecule has 26 heavy (non-hydrogen) atoms. The minimum absolute atomic E-state index is 0.209. The van der Waals surface area contributed by atoms with Gasteiger partial charge in [0.25, 0.3) is 11.8 Å². The molecule has 12 heteroatoms. The van der Waals surface area contributed by atoms with Gasteiger partial charge in [0.1, 0.15) is 11.4 Å². The summed E-state index contributed by atoms with van der Waals surface area (Å²) in [6.45, 7) is -2.56. The Kier molecular flexibility index (Phi) is 8.98. The zero-order chi connectivity index (χ0) is 19.7. The van der Waals surface area contributed by atoms with E-state index >= 15 is 0 Å². The molecule has 0 aliphatic rings. The van der Waals surface area contributed by atoms with Crippen LogP contribution in [0.25, 0.3) is 0 Å². The third-order valence-electron chi connectivity index (χ3n) is 3.45. The third-order valence-corrected chi connectivity index (χ3v) is 3.45. The highest BCUT2D eigenvalue weighted by molar-refractivity contribution is 5.94. The van der Waals surface area contributed by atoms with Crippen LogP contribution in [0.3, 0.4) is 0 Å². The smallest absolute Gasteiger partial charge is 0.271 e. The molecule has 1 aromatic rings. The van der Waals surface area contributed by atoms with Crippen LogP contribution in [0.15, 0.2) is 12.4 Å². The summed E-state index contributed by atoms with van der Waals surface area (Å²) in [5, 5.41) is 59.2. The van der Waals surface area contributed by atoms with Gasteiger partial charge in [-0.05, 0) is 0 Å². The van der Waals surface area contributed by atoms with E-state index < -0.39 is 62.5 Å². The summed E-state index contributed by atoms with van der Waals surface area (Å²) in [7, 11) is 0. The van der Waals surface area contributed by atoms with Crippen molar-refractivity contribution in [3.63, 3.8) is 0 Å². The van der Waals surface area contributed by atoms with Crippen LogP contribution in [0.2, 0.25) is 0 Å². The second-order valence-corrected chi connectivity index (χ2v) is 5.31. The van der Waals surface area contributed by atoms with Gasteiger partial charge < -0.3 is 41.3 Å². The molecule has 0 saturated heterocycles. The highest BCUT2D eigenvalue weighted by Gasteiger charge is 2.23. The van der Waals surface area contributed by atoms with Crippen LogP contribution in [0.5, 0.6) is 0 Å². The average molecular weight is 374 g/mol. The molecule has 4 atom stereocenters. The molecule has 0 radical (unpaired) electrons. The SMILES string of the molecule is O=C(NC(CO)C(O)CO)c1cnc(C(=O)NC(CO)C(O)CO)cn1. The van der Waals surface area contributed by atoms with Crippen LogP contribution in [0.4, 0.5) is 0 Å². The molecule has 1 rings (SSSR count). The van der Waals surface area contributed by atoms with Crippen LogP contribution < -0.4 is 10.6 Å². The molecule has 12 nitrogen and oxygen atoms in total. The lowest BCUT2D eigenvalue weighted by Crippen LogP contribution is -2.48. The molecular formula is C14H22N4O8. The Hall–Kier alpha value is -2.22. The molecule has 0 aromatic carbocycles. The highest BCUT2D eigenvalue weighted by atomic mass is 16.3. The van der Waals surface area contributed by atoms with Gasteiger partial charge in [0.2, 0.25) is 0 Å². The third kappa shape index (κ3) is 5.94. The molecule has 1 aromatic heterocycles. The Labute approximate surface area is 148 Å². The maximum absolute atomic E-state index is 12.0. The summed E-state index contributed by atoms with van der Waals surface area (Å²) in [4.78, 5) is 31.4. The van der Waals surface area contributed by atoms with Crippen molar-refractivity contribution in [1.82, 2.24) is 20.6 Å². The van der Waals surface area contributed by atoms with Crippen molar-refractivity contribution in [1.29, 1.82) is 0 Å². The van der Waals surface area contributed by atoms with Gasteiger partial charge in [0.15, 0.2) is 0 Å². The minimum Gasteiger partial charge on any atom is -0.394 e. The summed E-state index contributed by atoms with van der Waals surface area (Å²) in [5.74, 6) is -1.58. The molecule has 2 amide bonds. The van der Waals surface area contributed by atoms with Crippen molar-refractivity contribution >= 4 is 11.8 Å². The molecular weight excluding hydrogens is 352 g/mol. The molecule has 1 heterocycles. The fourth-order valence-electron chi connectivity index (χ4n) is 1.83. The number of carbonyl (C=O) groups excluding carboxylic acids is 2. The quantitative estimate of drug-likeness (QED) is 0.196. The molecule has 0 fully saturated rings. The molecule has 0 bridgehead atoms. The van der Waals surface area contributed by atoms with Crippen LogP contribution in [-0.2, 0) is 0 Å². The molecule has 0 aliphatic heterocycles. The van der Waals surface area contributed by atoms with Crippen molar-refractivity contribution < 1.29 is 40.2 Å². The first-order valence-corrected chi connectivity index (χ1v) is 7.61. The Balaban J connectivity index is 2.75. The summed E-state index contributed by atoms with van der Waals surface area (Å²) < 4.78 is 0. The van der Waals surface area contributed by atoms with E-state index in [1.807, 2.05) is 0 Å². The number of rotatable bonds is 10. The molecule has 0 saturated carbocycles. The van der Waals surface area contributed by atoms with Crippen molar-refractivity contribution in [2.24, 2.45) is 0 Å². The van der Waals surface area contributed by atoms with E-state index in [9.17, 15) is 19.8 Å². The van der Waals surface area contributed by atoms with Crippen LogP contribution in [0.1, 0.15) is 21.0 Å². The second-order valence-electron chi connectivity index (χ2n) is 5.31. The van der Waals surface area contributed by atoms with Crippen LogP contribution >= 0.6 is 0 Å². The highest BCUT2D eigenvalue weighted by Crippen LogP contribution is 2.01. The molecule has 0 spiro atoms. The van der Waals surface area contributed by atoms with E-state index in [2.05, 4.69) is 20.6 Å². The van der Waals surface area contributed by atoms with Gasteiger partial charge in [0.05, 0.1) is 63.1 Å². The zero-order valence-corrected chi connectivity index (χ0v) is 13.7. The number of carbonyl (C=O) groups is 2. The Morgan fingerprint density at radius 2 is 1.12 bits per heavy atom. The second kappa shape index (κ2) is 10.7. The number of amides is 2. The van der Waals surface area contributed by atoms with E-state index in [1.54, 1.807) is 0 Å². The lowest BCUT2D eigenvalue weighted by Gasteiger charge is -2.20. The predicted octanol–water partition coefficient (Wildman–Crippen LogP) is -4.64. The molecule has 146 valence electrons. The lowest BCUT2D eigenvalue weighted by molar-refractivity contribution is 0.0386. The number of hydrogen-bond acceptors (Lipinski definition) is 10. The monoisotopic (exact) mass is 374 g/mol. The van der Waals surface area contributed by atoms with Gasteiger partial charge in [-0.15, -0.1) is 0 Å². The van der Waals surface area contributed by atoms with Crippen molar-refractivity contribution in [2.45, 2.75) is 24.3 Å². The summed E-state index contributed by atoms with van der Waals surface area (Å²) in [6, 6.07) is -2.22. The topological polar surface area (TPSA) is 205 Å². The van der Waals surface area contributed by atoms with Crippen molar-refractivity contribution in [2.75, 3.05) is 26.4 Å². The van der Waals surface area contributed by atoms with Gasteiger partial charge in [-0.1, -0.05) is 0 Å². The van der Waals surface area contributed by atoms with Crippen LogP contribution in [0, 0.1) is 0 Å². The Morgan fingerprint density at radius 3 is 1.35 bits per heavy atom. The van der Waals surface area contributed by atoms with Gasteiger partial charge in [-0.2, -0.15) is 0 Å². The first-order chi connectivity index (χ1) is 12.4. The lowest BCUT2D eigenvalue weighted by atomic mass is 10.1. The van der Waals surface area contributed by atoms with Gasteiger partial charge >= 0.3 is 0 Å². The van der Waals surface area contributed by atoms with E-state index in [4.69, 9.17) is 20.4 Å². The summed E-state index contributed by atoms with van der Waals surface area (Å²) in [6.07, 6.45) is -0.786. The van der Waals surface area contributed by atoms with E-state index in [0.717, 1.165) is 12.4 Å². The van der Waals surface area contributed by atoms with Crippen molar-refractivity contribution in [3.8, 4) is 0 Å². The predicted molar refractivity (Wildman–Crippen MR) is 84.9 cm³/mol. The van der Waals surface area contributed by atoms with Gasteiger partial charge in [-0.25, -0.2) is 9.97 Å². The standard InChI is InChI=1S/C14H22N4O8/c19-3-9(11(23)5-21)17-13(25)7-1-15-8(2-16-7)14(26)18-10(4-20)12(24)6-22/h1-2,9-12,19-24H,3-6H2,(H,17,25)(H,18,26). The first-order valence-electron chi connectivity index (χ1n) is 7.61. The van der Waals surface area contributed by atoms with Crippen molar-refractivity contribution in [3.05, 3.63) is 23.8 Å². The van der Waals surface area contributed by atoms with E-state index in [-0.39, 0.29) is 11.4 Å². The summed E-state index contributed by atoms with van der Waals surface area (Å²) >= 11 is 0. The average Bonchev–Trinajstić information content (AvgIpc) is 2.68. The summed E-state index contributed by atoms with van der Waals surface area (Å²) in [5.41, 5.74) is -0.418. The molecule has 8 N–H and O–H groups in total. The fraction of sp³-hybridized carbons (Fsp3) is 0.571. The number of nitrogens with one attached hydrogen (secondary N) is 2. The van der Waals surface area contributed by atoms with E-state index in [0.29, 0.717) is 0 Å². The zero-order valence-electron chi connectivity index (χ0n) is 13.7. The van der Waals surface area contributed by atoms with Gasteiger partial charge in [0, 0.05) is 0 Å². The number of nitrogens with zero attached hydrogens (tertiary/aromatic N) is 2. The van der Waals surface area contributed by atoms with Crippen LogP contribution in [-0.4, -0.2) is 103 Å². The fourth-order valence-corrected chi connectivity index (χ4v) is 1.83. The molecule has 0 aliphatic carbocycles. The normalized spacial score (nSPS) is 15.6. The number of aromatic nitrogens is 2. The molecule has 4 unspecified atom stereocenters. The number of aliphatic hydroxyl groups excluding tert-OH is 6. The Bertz CT molecular complexity index is 534. The number of aliphatic hydroxyl groups is 6. The maximum Gasteiger partial charge on any atom is 0.271 e. The van der Waals surface area contributed by atoms with E-state index in [1.165, 1.54) is 0 Å². The largest absolute Gasteiger partial charge is 0.394 e. The minimum atomic E-state index is -1.37.